The van der Waals surface area contributed by atoms with Gasteiger partial charge in [0.15, 0.2) is 22.5 Å². The van der Waals surface area contributed by atoms with E-state index in [9.17, 15) is 9.59 Å². The highest BCUT2D eigenvalue weighted by atomic mass is 32.2. The number of amides is 1. The zero-order chi connectivity index (χ0) is 21.7. The average molecular weight is 449 g/mol. The number of hydrogen-bond donors (Lipinski definition) is 1. The second-order valence-corrected chi connectivity index (χ2v) is 7.79. The molecule has 1 N–H and O–H groups in total. The zero-order valence-corrected chi connectivity index (χ0v) is 18.4. The molecule has 2 aromatic heterocycles. The van der Waals surface area contributed by atoms with Crippen LogP contribution in [0.4, 0.5) is 5.00 Å². The number of nitrogens with one attached hydrogen (secondary N) is 1. The van der Waals surface area contributed by atoms with Crippen molar-refractivity contribution >= 4 is 40.0 Å². The summed E-state index contributed by atoms with van der Waals surface area (Å²) in [6.07, 6.45) is 0. The van der Waals surface area contributed by atoms with E-state index < -0.39 is 5.97 Å². The van der Waals surface area contributed by atoms with Gasteiger partial charge in [-0.2, -0.15) is 0 Å². The van der Waals surface area contributed by atoms with Crippen molar-refractivity contribution in [3.8, 4) is 22.9 Å². The number of methoxy groups -OCH3 is 3. The predicted octanol–water partition coefficient (Wildman–Crippen LogP) is 3.08. The van der Waals surface area contributed by atoms with Crippen LogP contribution in [0.15, 0.2) is 34.8 Å². The molecular weight excluding hydrogens is 428 g/mol. The summed E-state index contributed by atoms with van der Waals surface area (Å²) >= 11 is 2.50. The molecule has 0 radical (unpaired) electrons. The molecule has 0 unspecified atom stereocenters. The number of esters is 1. The molecule has 3 aromatic rings. The van der Waals surface area contributed by atoms with Gasteiger partial charge in [-0.3, -0.25) is 4.79 Å². The maximum absolute atomic E-state index is 12.3. The Hall–Kier alpha value is -3.05. The first-order valence-corrected chi connectivity index (χ1v) is 10.5. The normalized spacial score (nSPS) is 10.5. The van der Waals surface area contributed by atoms with Crippen molar-refractivity contribution in [2.24, 2.45) is 7.05 Å². The molecule has 11 heteroatoms. The summed E-state index contributed by atoms with van der Waals surface area (Å²) in [5, 5.41) is 13.9. The van der Waals surface area contributed by atoms with E-state index in [1.165, 1.54) is 30.2 Å². The van der Waals surface area contributed by atoms with Gasteiger partial charge in [-0.1, -0.05) is 11.8 Å². The lowest BCUT2D eigenvalue weighted by atomic mass is 10.2. The third-order valence-corrected chi connectivity index (χ3v) is 5.98. The van der Waals surface area contributed by atoms with E-state index >= 15 is 0 Å². The Morgan fingerprint density at radius 3 is 2.60 bits per heavy atom. The molecule has 0 bridgehead atoms. The third-order valence-electron chi connectivity index (χ3n) is 4.13. The average Bonchev–Trinajstić information content (AvgIpc) is 3.37. The van der Waals surface area contributed by atoms with Gasteiger partial charge < -0.3 is 24.1 Å². The standard InChI is InChI=1S/C19H20N4O5S2/c1-23-16(11-5-6-13(26-2)14(9-11)27-3)21-22-19(23)30-10-15(24)20-17-12(7-8-29-17)18(25)28-4/h5-9H,10H2,1-4H3,(H,20,24). The van der Waals surface area contributed by atoms with Crippen LogP contribution < -0.4 is 14.8 Å². The largest absolute Gasteiger partial charge is 0.493 e. The summed E-state index contributed by atoms with van der Waals surface area (Å²) in [6.45, 7) is 0. The first kappa shape index (κ1) is 21.7. The Kier molecular flexibility index (Phi) is 6.95. The number of carbonyl (C=O) groups is 2. The van der Waals surface area contributed by atoms with E-state index in [4.69, 9.17) is 14.2 Å². The molecule has 0 fully saturated rings. The zero-order valence-electron chi connectivity index (χ0n) is 16.8. The van der Waals surface area contributed by atoms with Crippen LogP contribution in [-0.4, -0.2) is 53.7 Å². The maximum atomic E-state index is 12.3. The highest BCUT2D eigenvalue weighted by Gasteiger charge is 2.18. The number of hydrogen-bond acceptors (Lipinski definition) is 9. The third kappa shape index (κ3) is 4.57. The van der Waals surface area contributed by atoms with Crippen molar-refractivity contribution in [3.63, 3.8) is 0 Å². The molecular formula is C19H20N4O5S2. The van der Waals surface area contributed by atoms with Crippen LogP contribution in [0.25, 0.3) is 11.4 Å². The van der Waals surface area contributed by atoms with Gasteiger partial charge >= 0.3 is 5.97 Å². The second-order valence-electron chi connectivity index (χ2n) is 5.93. The van der Waals surface area contributed by atoms with Gasteiger partial charge in [-0.15, -0.1) is 21.5 Å². The Bertz CT molecular complexity index is 1060. The van der Waals surface area contributed by atoms with Crippen LogP contribution in [0.3, 0.4) is 0 Å². The van der Waals surface area contributed by atoms with Gasteiger partial charge in [0.1, 0.15) is 5.00 Å². The lowest BCUT2D eigenvalue weighted by Gasteiger charge is -2.09. The van der Waals surface area contributed by atoms with E-state index in [0.717, 1.165) is 5.56 Å². The molecule has 0 aliphatic carbocycles. The fraction of sp³-hybridized carbons (Fsp3) is 0.263. The summed E-state index contributed by atoms with van der Waals surface area (Å²) in [6, 6.07) is 7.08. The minimum absolute atomic E-state index is 0.108. The first-order chi connectivity index (χ1) is 14.5. The number of nitrogens with zero attached hydrogens (tertiary/aromatic N) is 3. The Labute approximate surface area is 181 Å². The number of benzene rings is 1. The fourth-order valence-corrected chi connectivity index (χ4v) is 4.14. The summed E-state index contributed by atoms with van der Waals surface area (Å²) in [5.41, 5.74) is 1.13. The van der Waals surface area contributed by atoms with Crippen molar-refractivity contribution in [2.45, 2.75) is 5.16 Å². The molecule has 158 valence electrons. The van der Waals surface area contributed by atoms with Gasteiger partial charge in [0, 0.05) is 12.6 Å². The molecule has 3 rings (SSSR count). The molecule has 9 nitrogen and oxygen atoms in total. The lowest BCUT2D eigenvalue weighted by Crippen LogP contribution is -2.16. The van der Waals surface area contributed by atoms with Crippen LogP contribution in [0.1, 0.15) is 10.4 Å². The SMILES string of the molecule is COC(=O)c1ccsc1NC(=O)CSc1nnc(-c2ccc(OC)c(OC)c2)n1C. The molecule has 1 aromatic carbocycles. The molecule has 0 aliphatic rings. The molecule has 0 atom stereocenters. The molecule has 0 spiro atoms. The minimum Gasteiger partial charge on any atom is -0.493 e. The van der Waals surface area contributed by atoms with Crippen molar-refractivity contribution in [2.75, 3.05) is 32.4 Å². The van der Waals surface area contributed by atoms with E-state index in [0.29, 0.717) is 33.0 Å². The van der Waals surface area contributed by atoms with Crippen molar-refractivity contribution in [1.82, 2.24) is 14.8 Å². The highest BCUT2D eigenvalue weighted by Crippen LogP contribution is 2.32. The lowest BCUT2D eigenvalue weighted by molar-refractivity contribution is -0.113. The van der Waals surface area contributed by atoms with Crippen LogP contribution in [0.2, 0.25) is 0 Å². The van der Waals surface area contributed by atoms with Crippen molar-refractivity contribution < 1.29 is 23.8 Å². The number of anilines is 1. The van der Waals surface area contributed by atoms with E-state index in [1.54, 1.807) is 36.3 Å². The van der Waals surface area contributed by atoms with Gasteiger partial charge in [-0.05, 0) is 29.6 Å². The molecule has 0 saturated heterocycles. The van der Waals surface area contributed by atoms with Crippen LogP contribution >= 0.6 is 23.1 Å². The van der Waals surface area contributed by atoms with Gasteiger partial charge in [0.2, 0.25) is 5.91 Å². The quantitative estimate of drug-likeness (QED) is 0.414. The predicted molar refractivity (Wildman–Crippen MR) is 115 cm³/mol. The molecule has 1 amide bonds. The van der Waals surface area contributed by atoms with Crippen molar-refractivity contribution in [3.05, 3.63) is 35.2 Å². The monoisotopic (exact) mass is 448 g/mol. The maximum Gasteiger partial charge on any atom is 0.340 e. The Morgan fingerprint density at radius 1 is 1.13 bits per heavy atom. The fourth-order valence-electron chi connectivity index (χ4n) is 2.64. The van der Waals surface area contributed by atoms with Crippen LogP contribution in [0, 0.1) is 0 Å². The number of ether oxygens (including phenoxy) is 3. The highest BCUT2D eigenvalue weighted by molar-refractivity contribution is 7.99. The van der Waals surface area contributed by atoms with Gasteiger partial charge in [0.25, 0.3) is 0 Å². The summed E-state index contributed by atoms with van der Waals surface area (Å²) in [4.78, 5) is 24.0. The number of aromatic nitrogens is 3. The molecule has 0 saturated carbocycles. The van der Waals surface area contributed by atoms with E-state index in [-0.39, 0.29) is 11.7 Å². The van der Waals surface area contributed by atoms with Gasteiger partial charge in [0.05, 0.1) is 32.6 Å². The number of rotatable bonds is 8. The minimum atomic E-state index is -0.493. The Morgan fingerprint density at radius 2 is 1.90 bits per heavy atom. The smallest absolute Gasteiger partial charge is 0.340 e. The van der Waals surface area contributed by atoms with Crippen LogP contribution in [-0.2, 0) is 16.6 Å². The Balaban J connectivity index is 1.68. The van der Waals surface area contributed by atoms with E-state index in [1.807, 2.05) is 19.2 Å². The summed E-state index contributed by atoms with van der Waals surface area (Å²) in [5.74, 6) is 1.19. The topological polar surface area (TPSA) is 105 Å². The molecule has 2 heterocycles. The number of carbonyl (C=O) groups excluding carboxylic acids is 2. The first-order valence-electron chi connectivity index (χ1n) is 8.68. The van der Waals surface area contributed by atoms with E-state index in [2.05, 4.69) is 15.5 Å². The second kappa shape index (κ2) is 9.63. The molecule has 0 aliphatic heterocycles. The van der Waals surface area contributed by atoms with Crippen LogP contribution in [0.5, 0.6) is 11.5 Å². The summed E-state index contributed by atoms with van der Waals surface area (Å²) < 4.78 is 17.1. The van der Waals surface area contributed by atoms with Crippen molar-refractivity contribution in [1.29, 1.82) is 0 Å². The number of thioether (sulfide) groups is 1. The summed E-state index contributed by atoms with van der Waals surface area (Å²) in [7, 11) is 6.26. The van der Waals surface area contributed by atoms with Gasteiger partial charge in [-0.25, -0.2) is 4.79 Å². The number of thiophene rings is 1. The molecule has 30 heavy (non-hydrogen) atoms.